The standard InChI is InChI=1S/C66H52N2/c1-5-65(6-2)55-39-43(59-49-31-19-15-27-45(49)57(41-23-11-9-12-24-41)46-28-16-20-32-50(46)59)35-37-53(55)61-63(65)67-62-54-38-36-44(40-56(54)66(7-3,8-4)64(62)68-61)60-51-33-21-17-29-47(51)58(42-25-13-10-14-26-42)48-30-18-22-34-52(48)60/h9-40H,5-8H2,1-4H3. The Morgan fingerprint density at radius 2 is 0.559 bits per heavy atom. The predicted molar refractivity (Wildman–Crippen MR) is 287 cm³/mol. The highest BCUT2D eigenvalue weighted by Gasteiger charge is 2.49. The van der Waals surface area contributed by atoms with Gasteiger partial charge in [-0.1, -0.05) is 210 Å². The molecule has 0 saturated carbocycles. The summed E-state index contributed by atoms with van der Waals surface area (Å²) < 4.78 is 0. The molecule has 0 spiro atoms. The maximum atomic E-state index is 5.91. The Balaban J connectivity index is 0.994. The third-order valence-corrected chi connectivity index (χ3v) is 16.4. The molecule has 0 bridgehead atoms. The van der Waals surface area contributed by atoms with Crippen LogP contribution in [0, 0.1) is 0 Å². The molecule has 1 aromatic heterocycles. The Morgan fingerprint density at radius 1 is 0.294 bits per heavy atom. The first kappa shape index (κ1) is 40.6. The molecular weight excluding hydrogens is 821 g/mol. The first-order chi connectivity index (χ1) is 33.5. The van der Waals surface area contributed by atoms with Crippen LogP contribution in [-0.2, 0) is 10.8 Å². The molecule has 11 aromatic rings. The van der Waals surface area contributed by atoms with Gasteiger partial charge in [-0.05, 0) is 137 Å². The zero-order valence-corrected chi connectivity index (χ0v) is 39.2. The Hall–Kier alpha value is -7.68. The number of benzene rings is 10. The van der Waals surface area contributed by atoms with Gasteiger partial charge in [-0.25, -0.2) is 9.97 Å². The van der Waals surface area contributed by atoms with Gasteiger partial charge in [0.2, 0.25) is 0 Å². The van der Waals surface area contributed by atoms with Crippen molar-refractivity contribution in [2.24, 2.45) is 0 Å². The molecule has 0 atom stereocenters. The van der Waals surface area contributed by atoms with Crippen molar-refractivity contribution in [3.05, 3.63) is 217 Å². The second-order valence-electron chi connectivity index (χ2n) is 19.1. The van der Waals surface area contributed by atoms with Gasteiger partial charge in [0.15, 0.2) is 0 Å². The van der Waals surface area contributed by atoms with Crippen molar-refractivity contribution in [2.45, 2.75) is 64.2 Å². The molecule has 2 aliphatic rings. The summed E-state index contributed by atoms with van der Waals surface area (Å²) in [5.41, 5.74) is 19.1. The van der Waals surface area contributed by atoms with Crippen LogP contribution in [-0.4, -0.2) is 9.97 Å². The number of nitrogens with zero attached hydrogens (tertiary/aromatic N) is 2. The highest BCUT2D eigenvalue weighted by molar-refractivity contribution is 6.23. The molecule has 13 rings (SSSR count). The number of aromatic nitrogens is 2. The van der Waals surface area contributed by atoms with Gasteiger partial charge < -0.3 is 0 Å². The van der Waals surface area contributed by atoms with E-state index >= 15 is 0 Å². The lowest BCUT2D eigenvalue weighted by atomic mass is 9.74. The highest BCUT2D eigenvalue weighted by Crippen LogP contribution is 2.58. The van der Waals surface area contributed by atoms with Crippen molar-refractivity contribution in [1.82, 2.24) is 9.97 Å². The molecule has 10 aromatic carbocycles. The van der Waals surface area contributed by atoms with Crippen LogP contribution >= 0.6 is 0 Å². The number of hydrogen-bond acceptors (Lipinski definition) is 2. The molecule has 0 saturated heterocycles. The van der Waals surface area contributed by atoms with Gasteiger partial charge in [0, 0.05) is 22.0 Å². The lowest BCUT2D eigenvalue weighted by Gasteiger charge is -2.30. The van der Waals surface area contributed by atoms with E-state index in [1.165, 1.54) is 110 Å². The fourth-order valence-electron chi connectivity index (χ4n) is 13.0. The van der Waals surface area contributed by atoms with Crippen LogP contribution in [0.2, 0.25) is 0 Å². The Kier molecular flexibility index (Phi) is 9.21. The number of hydrogen-bond donors (Lipinski definition) is 0. The Bertz CT molecular complexity index is 3470. The van der Waals surface area contributed by atoms with E-state index in [2.05, 4.69) is 222 Å². The quantitative estimate of drug-likeness (QED) is 0.142. The van der Waals surface area contributed by atoms with Crippen molar-refractivity contribution in [3.63, 3.8) is 0 Å². The van der Waals surface area contributed by atoms with Crippen LogP contribution in [0.25, 0.3) is 110 Å². The summed E-state index contributed by atoms with van der Waals surface area (Å²) in [6, 6.07) is 72.2. The largest absolute Gasteiger partial charge is 0.248 e. The minimum atomic E-state index is -0.277. The minimum Gasteiger partial charge on any atom is -0.248 e. The van der Waals surface area contributed by atoms with Gasteiger partial charge in [-0.15, -0.1) is 0 Å². The normalized spacial score (nSPS) is 14.1. The predicted octanol–water partition coefficient (Wildman–Crippen LogP) is 17.9. The molecule has 68 heavy (non-hydrogen) atoms. The van der Waals surface area contributed by atoms with Gasteiger partial charge in [0.1, 0.15) is 0 Å². The number of rotatable bonds is 8. The first-order valence-corrected chi connectivity index (χ1v) is 24.7. The van der Waals surface area contributed by atoms with E-state index in [0.717, 1.165) is 48.5 Å². The van der Waals surface area contributed by atoms with Crippen molar-refractivity contribution < 1.29 is 0 Å². The van der Waals surface area contributed by atoms with Crippen molar-refractivity contribution in [3.8, 4) is 67.0 Å². The third kappa shape index (κ3) is 5.52. The van der Waals surface area contributed by atoms with Crippen molar-refractivity contribution in [1.29, 1.82) is 0 Å². The molecule has 0 unspecified atom stereocenters. The van der Waals surface area contributed by atoms with Gasteiger partial charge in [-0.3, -0.25) is 0 Å². The maximum absolute atomic E-state index is 5.91. The minimum absolute atomic E-state index is 0.277. The highest BCUT2D eigenvalue weighted by atomic mass is 14.9. The number of fused-ring (bicyclic) bond motifs is 10. The molecule has 2 nitrogen and oxygen atoms in total. The zero-order chi connectivity index (χ0) is 45.7. The van der Waals surface area contributed by atoms with Crippen LogP contribution in [0.1, 0.15) is 75.9 Å². The topological polar surface area (TPSA) is 25.8 Å². The van der Waals surface area contributed by atoms with Crippen LogP contribution in [0.15, 0.2) is 194 Å². The van der Waals surface area contributed by atoms with Crippen LogP contribution in [0.3, 0.4) is 0 Å². The molecule has 0 aliphatic heterocycles. The van der Waals surface area contributed by atoms with E-state index in [4.69, 9.17) is 9.97 Å². The summed E-state index contributed by atoms with van der Waals surface area (Å²) in [5, 5.41) is 10.2. The lowest BCUT2D eigenvalue weighted by Crippen LogP contribution is -2.27. The van der Waals surface area contributed by atoms with Crippen molar-refractivity contribution in [2.75, 3.05) is 0 Å². The average Bonchev–Trinajstić information content (AvgIpc) is 3.84. The monoisotopic (exact) mass is 872 g/mol. The molecule has 0 fully saturated rings. The second kappa shape index (κ2) is 15.4. The molecule has 2 heteroatoms. The smallest absolute Gasteiger partial charge is 0.0934 e. The second-order valence-corrected chi connectivity index (χ2v) is 19.1. The Morgan fingerprint density at radius 3 is 0.838 bits per heavy atom. The molecule has 1 heterocycles. The molecular formula is C66H52N2. The Labute approximate surface area is 399 Å². The van der Waals surface area contributed by atoms with Crippen LogP contribution < -0.4 is 0 Å². The SMILES string of the molecule is CCC1(CC)c2cc(-c3c4ccccc4c(-c4ccccc4)c4ccccc34)ccc2-c2nc3c(nc21)-c1ccc(-c2c4ccccc4c(-c4ccccc4)c4ccccc24)cc1C3(CC)CC. The molecule has 0 amide bonds. The van der Waals surface area contributed by atoms with Gasteiger partial charge >= 0.3 is 0 Å². The van der Waals surface area contributed by atoms with Gasteiger partial charge in [-0.2, -0.15) is 0 Å². The van der Waals surface area contributed by atoms with E-state index in [9.17, 15) is 0 Å². The fraction of sp³-hybridized carbons (Fsp3) is 0.152. The van der Waals surface area contributed by atoms with Crippen molar-refractivity contribution >= 4 is 43.1 Å². The van der Waals surface area contributed by atoms with Crippen LogP contribution in [0.4, 0.5) is 0 Å². The van der Waals surface area contributed by atoms with E-state index in [0.29, 0.717) is 0 Å². The maximum Gasteiger partial charge on any atom is 0.0934 e. The molecule has 2 aliphatic carbocycles. The van der Waals surface area contributed by atoms with E-state index in [1.807, 2.05) is 0 Å². The van der Waals surface area contributed by atoms with E-state index in [-0.39, 0.29) is 10.8 Å². The molecule has 0 N–H and O–H groups in total. The van der Waals surface area contributed by atoms with E-state index in [1.54, 1.807) is 0 Å². The average molecular weight is 873 g/mol. The lowest BCUT2D eigenvalue weighted by molar-refractivity contribution is 0.466. The fourth-order valence-corrected chi connectivity index (χ4v) is 13.0. The zero-order valence-electron chi connectivity index (χ0n) is 39.2. The summed E-state index contributed by atoms with van der Waals surface area (Å²) in [5.74, 6) is 0. The van der Waals surface area contributed by atoms with Gasteiger partial charge in [0.05, 0.1) is 22.8 Å². The summed E-state index contributed by atoms with van der Waals surface area (Å²) in [7, 11) is 0. The summed E-state index contributed by atoms with van der Waals surface area (Å²) in [6.45, 7) is 9.40. The van der Waals surface area contributed by atoms with Gasteiger partial charge in [0.25, 0.3) is 0 Å². The van der Waals surface area contributed by atoms with E-state index < -0.39 is 0 Å². The molecule has 326 valence electrons. The summed E-state index contributed by atoms with van der Waals surface area (Å²) >= 11 is 0. The molecule has 0 radical (unpaired) electrons. The van der Waals surface area contributed by atoms with Crippen LogP contribution in [0.5, 0.6) is 0 Å². The summed E-state index contributed by atoms with van der Waals surface area (Å²) in [6.07, 6.45) is 3.75. The third-order valence-electron chi connectivity index (χ3n) is 16.4. The summed E-state index contributed by atoms with van der Waals surface area (Å²) in [4.78, 5) is 11.8. The first-order valence-electron chi connectivity index (χ1n) is 24.7.